The van der Waals surface area contributed by atoms with E-state index in [4.69, 9.17) is 5.11 Å². The first kappa shape index (κ1) is 8.87. The second-order valence-corrected chi connectivity index (χ2v) is 3.40. The second-order valence-electron chi connectivity index (χ2n) is 3.40. The van der Waals surface area contributed by atoms with Crippen LogP contribution in [0.25, 0.3) is 0 Å². The van der Waals surface area contributed by atoms with E-state index < -0.39 is 0 Å². The number of likely N-dealkylation sites (N-methyl/N-ethyl adjacent to an activating group) is 1. The van der Waals surface area contributed by atoms with Crippen molar-refractivity contribution in [3.63, 3.8) is 0 Å². The van der Waals surface area contributed by atoms with Crippen molar-refractivity contribution in [2.45, 2.75) is 6.04 Å². The molecule has 14 heavy (non-hydrogen) atoms. The van der Waals surface area contributed by atoms with E-state index in [0.29, 0.717) is 6.54 Å². The number of amides is 2. The molecule has 0 aliphatic carbocycles. The molecule has 0 radical (unpaired) electrons. The lowest BCUT2D eigenvalue weighted by atomic mass is 10.1. The third-order valence-electron chi connectivity index (χ3n) is 2.51. The number of carbonyl (C=O) groups excluding carboxylic acids is 1. The molecule has 1 atom stereocenters. The van der Waals surface area contributed by atoms with Crippen molar-refractivity contribution in [2.24, 2.45) is 0 Å². The first-order chi connectivity index (χ1) is 6.68. The number of nitrogens with zero attached hydrogens (tertiary/aromatic N) is 1. The summed E-state index contributed by atoms with van der Waals surface area (Å²) < 4.78 is 0. The average molecular weight is 192 g/mol. The Balaban J connectivity index is 2.23. The van der Waals surface area contributed by atoms with E-state index in [9.17, 15) is 4.79 Å². The molecule has 1 saturated heterocycles. The lowest BCUT2D eigenvalue weighted by molar-refractivity contribution is 0.217. The zero-order valence-electron chi connectivity index (χ0n) is 7.90. The monoisotopic (exact) mass is 192 g/mol. The van der Waals surface area contributed by atoms with Gasteiger partial charge in [-0.15, -0.1) is 0 Å². The molecule has 74 valence electrons. The van der Waals surface area contributed by atoms with Crippen molar-refractivity contribution in [3.8, 4) is 5.75 Å². The number of carbonyl (C=O) groups is 1. The number of phenols is 1. The van der Waals surface area contributed by atoms with Crippen LogP contribution in [-0.2, 0) is 0 Å². The van der Waals surface area contributed by atoms with Gasteiger partial charge in [-0.1, -0.05) is 12.1 Å². The van der Waals surface area contributed by atoms with E-state index in [0.717, 1.165) is 5.56 Å². The fourth-order valence-electron chi connectivity index (χ4n) is 1.63. The van der Waals surface area contributed by atoms with Gasteiger partial charge in [0.15, 0.2) is 0 Å². The Hall–Kier alpha value is -1.71. The Kier molecular flexibility index (Phi) is 2.04. The molecule has 1 aromatic carbocycles. The molecule has 2 N–H and O–H groups in total. The number of nitrogens with one attached hydrogen (secondary N) is 1. The highest BCUT2D eigenvalue weighted by Crippen LogP contribution is 2.24. The van der Waals surface area contributed by atoms with Crippen LogP contribution in [0.1, 0.15) is 11.6 Å². The predicted octanol–water partition coefficient (Wildman–Crippen LogP) is 1.09. The highest BCUT2D eigenvalue weighted by atomic mass is 16.3. The summed E-state index contributed by atoms with van der Waals surface area (Å²) in [4.78, 5) is 12.8. The maximum atomic E-state index is 11.2. The number of rotatable bonds is 1. The summed E-state index contributed by atoms with van der Waals surface area (Å²) >= 11 is 0. The Morgan fingerprint density at radius 2 is 2.07 bits per heavy atom. The smallest absolute Gasteiger partial charge is 0.317 e. The molecule has 2 rings (SSSR count). The molecule has 1 heterocycles. The van der Waals surface area contributed by atoms with Gasteiger partial charge in [-0.05, 0) is 17.7 Å². The van der Waals surface area contributed by atoms with Gasteiger partial charge >= 0.3 is 6.03 Å². The lowest BCUT2D eigenvalue weighted by Crippen LogP contribution is -2.25. The van der Waals surface area contributed by atoms with Crippen molar-refractivity contribution >= 4 is 6.03 Å². The summed E-state index contributed by atoms with van der Waals surface area (Å²) in [6, 6.07) is 6.94. The Bertz CT molecular complexity index is 348. The number of hydrogen-bond acceptors (Lipinski definition) is 2. The molecule has 1 aliphatic heterocycles. The van der Waals surface area contributed by atoms with Gasteiger partial charge < -0.3 is 15.3 Å². The molecule has 0 saturated carbocycles. The molecule has 1 aliphatic rings. The van der Waals surface area contributed by atoms with Gasteiger partial charge in [-0.2, -0.15) is 0 Å². The van der Waals surface area contributed by atoms with Gasteiger partial charge in [0.05, 0.1) is 6.04 Å². The highest BCUT2D eigenvalue weighted by molar-refractivity contribution is 5.76. The van der Waals surface area contributed by atoms with E-state index in [-0.39, 0.29) is 17.8 Å². The lowest BCUT2D eigenvalue weighted by Gasteiger charge is -2.17. The van der Waals surface area contributed by atoms with Crippen molar-refractivity contribution in [3.05, 3.63) is 29.8 Å². The summed E-state index contributed by atoms with van der Waals surface area (Å²) in [5.41, 5.74) is 1.03. The second kappa shape index (κ2) is 3.21. The number of urea groups is 1. The largest absolute Gasteiger partial charge is 0.508 e. The quantitative estimate of drug-likeness (QED) is 0.699. The van der Waals surface area contributed by atoms with E-state index in [1.165, 1.54) is 0 Å². The third-order valence-corrected chi connectivity index (χ3v) is 2.51. The molecule has 1 aromatic rings. The van der Waals surface area contributed by atoms with Gasteiger partial charge in [0.1, 0.15) is 5.75 Å². The Labute approximate surface area is 82.2 Å². The normalized spacial score (nSPS) is 21.1. The number of phenolic OH excluding ortho intramolecular Hbond substituents is 1. The topological polar surface area (TPSA) is 52.6 Å². The van der Waals surface area contributed by atoms with E-state index >= 15 is 0 Å². The first-order valence-corrected chi connectivity index (χ1v) is 4.48. The fourth-order valence-corrected chi connectivity index (χ4v) is 1.63. The average Bonchev–Trinajstić information content (AvgIpc) is 2.50. The van der Waals surface area contributed by atoms with Gasteiger partial charge in [0.25, 0.3) is 0 Å². The molecule has 0 spiro atoms. The van der Waals surface area contributed by atoms with Crippen molar-refractivity contribution in [1.82, 2.24) is 10.2 Å². The molecule has 4 heteroatoms. The van der Waals surface area contributed by atoms with Crippen LogP contribution in [0.4, 0.5) is 4.79 Å². The zero-order valence-corrected chi connectivity index (χ0v) is 7.90. The van der Waals surface area contributed by atoms with E-state index in [2.05, 4.69) is 5.32 Å². The van der Waals surface area contributed by atoms with Crippen LogP contribution in [0, 0.1) is 0 Å². The number of aromatic hydroxyl groups is 1. The SMILES string of the molecule is CN1C(=O)NCC1c1ccc(O)cc1. The van der Waals surface area contributed by atoms with Gasteiger partial charge in [-0.3, -0.25) is 0 Å². The summed E-state index contributed by atoms with van der Waals surface area (Å²) in [5.74, 6) is 0.244. The minimum Gasteiger partial charge on any atom is -0.508 e. The summed E-state index contributed by atoms with van der Waals surface area (Å²) in [6.07, 6.45) is 0. The van der Waals surface area contributed by atoms with Crippen LogP contribution in [-0.4, -0.2) is 29.6 Å². The summed E-state index contributed by atoms with van der Waals surface area (Å²) in [5, 5.41) is 11.9. The minimum atomic E-state index is -0.0527. The highest BCUT2D eigenvalue weighted by Gasteiger charge is 2.28. The van der Waals surface area contributed by atoms with Gasteiger partial charge in [0, 0.05) is 13.6 Å². The van der Waals surface area contributed by atoms with Crippen molar-refractivity contribution in [1.29, 1.82) is 0 Å². The molecule has 2 amide bonds. The maximum absolute atomic E-state index is 11.2. The standard InChI is InChI=1S/C10H12N2O2/c1-12-9(6-11-10(12)14)7-2-4-8(13)5-3-7/h2-5,9,13H,6H2,1H3,(H,11,14). The van der Waals surface area contributed by atoms with Gasteiger partial charge in [0.2, 0.25) is 0 Å². The number of benzene rings is 1. The fraction of sp³-hybridized carbons (Fsp3) is 0.300. The first-order valence-electron chi connectivity index (χ1n) is 4.48. The van der Waals surface area contributed by atoms with Crippen molar-refractivity contribution < 1.29 is 9.90 Å². The molecule has 1 unspecified atom stereocenters. The van der Waals surface area contributed by atoms with E-state index in [1.54, 1.807) is 24.1 Å². The number of hydrogen-bond donors (Lipinski definition) is 2. The van der Waals surface area contributed by atoms with Crippen LogP contribution in [0.15, 0.2) is 24.3 Å². The predicted molar refractivity (Wildman–Crippen MR) is 52.0 cm³/mol. The van der Waals surface area contributed by atoms with Crippen LogP contribution >= 0.6 is 0 Å². The van der Waals surface area contributed by atoms with Crippen LogP contribution in [0.5, 0.6) is 5.75 Å². The molecular weight excluding hydrogens is 180 g/mol. The van der Waals surface area contributed by atoms with Crippen molar-refractivity contribution in [2.75, 3.05) is 13.6 Å². The van der Waals surface area contributed by atoms with Crippen LogP contribution in [0.3, 0.4) is 0 Å². The van der Waals surface area contributed by atoms with Crippen LogP contribution in [0.2, 0.25) is 0 Å². The molecule has 0 aromatic heterocycles. The molecular formula is C10H12N2O2. The van der Waals surface area contributed by atoms with Gasteiger partial charge in [-0.25, -0.2) is 4.79 Å². The summed E-state index contributed by atoms with van der Waals surface area (Å²) in [7, 11) is 1.76. The summed E-state index contributed by atoms with van der Waals surface area (Å²) in [6.45, 7) is 0.625. The minimum absolute atomic E-state index is 0.0527. The third kappa shape index (κ3) is 1.39. The molecule has 0 bridgehead atoms. The zero-order chi connectivity index (χ0) is 10.1. The molecule has 1 fully saturated rings. The van der Waals surface area contributed by atoms with E-state index in [1.807, 2.05) is 12.1 Å². The Morgan fingerprint density at radius 1 is 1.43 bits per heavy atom. The Morgan fingerprint density at radius 3 is 2.57 bits per heavy atom. The molecule has 4 nitrogen and oxygen atoms in total. The van der Waals surface area contributed by atoms with Crippen LogP contribution < -0.4 is 5.32 Å². The maximum Gasteiger partial charge on any atom is 0.317 e.